The van der Waals surface area contributed by atoms with Gasteiger partial charge in [0.05, 0.1) is 6.54 Å². The standard InChI is InChI=1S/C16H24N6S.HI/c1-2-17-16(18-11-13-7-6-10-23-13)19-12-15-21-20-14-8-4-3-5-9-22(14)15;/h6-7,10H,2-5,8-9,11-12H2,1H3,(H2,17,18,19);1H. The maximum Gasteiger partial charge on any atom is 0.191 e. The number of thiophene rings is 1. The molecule has 0 amide bonds. The van der Waals surface area contributed by atoms with Crippen molar-refractivity contribution in [2.24, 2.45) is 4.99 Å². The minimum absolute atomic E-state index is 0. The number of hydrogen-bond donors (Lipinski definition) is 2. The second kappa shape index (κ2) is 9.97. The predicted molar refractivity (Wildman–Crippen MR) is 109 cm³/mol. The number of hydrogen-bond acceptors (Lipinski definition) is 4. The molecular formula is C16H25IN6S. The van der Waals surface area contributed by atoms with E-state index >= 15 is 0 Å². The van der Waals surface area contributed by atoms with Gasteiger partial charge in [0, 0.05) is 24.4 Å². The van der Waals surface area contributed by atoms with E-state index in [1.807, 2.05) is 0 Å². The topological polar surface area (TPSA) is 67.1 Å². The molecular weight excluding hydrogens is 435 g/mol. The van der Waals surface area contributed by atoms with Crippen LogP contribution in [0.5, 0.6) is 0 Å². The number of halogens is 1. The van der Waals surface area contributed by atoms with Gasteiger partial charge in [-0.25, -0.2) is 4.99 Å². The molecule has 132 valence electrons. The van der Waals surface area contributed by atoms with Gasteiger partial charge in [0.1, 0.15) is 12.4 Å². The summed E-state index contributed by atoms with van der Waals surface area (Å²) in [5.74, 6) is 2.91. The van der Waals surface area contributed by atoms with Crippen molar-refractivity contribution in [3.8, 4) is 0 Å². The number of aromatic nitrogens is 3. The van der Waals surface area contributed by atoms with Crippen molar-refractivity contribution >= 4 is 41.3 Å². The van der Waals surface area contributed by atoms with Crippen LogP contribution in [0.3, 0.4) is 0 Å². The Bertz CT molecular complexity index is 637. The second-order valence-electron chi connectivity index (χ2n) is 5.62. The molecule has 0 saturated heterocycles. The van der Waals surface area contributed by atoms with Crippen LogP contribution in [0.15, 0.2) is 22.5 Å². The quantitative estimate of drug-likeness (QED) is 0.409. The maximum absolute atomic E-state index is 4.67. The molecule has 0 aliphatic carbocycles. The number of nitrogens with zero attached hydrogens (tertiary/aromatic N) is 4. The first-order chi connectivity index (χ1) is 11.4. The lowest BCUT2D eigenvalue weighted by Crippen LogP contribution is -2.36. The summed E-state index contributed by atoms with van der Waals surface area (Å²) in [5, 5.41) is 17.4. The highest BCUT2D eigenvalue weighted by atomic mass is 127. The van der Waals surface area contributed by atoms with Crippen molar-refractivity contribution in [2.45, 2.75) is 52.2 Å². The number of nitrogens with one attached hydrogen (secondary N) is 2. The molecule has 0 unspecified atom stereocenters. The summed E-state index contributed by atoms with van der Waals surface area (Å²) in [7, 11) is 0. The maximum atomic E-state index is 4.67. The third-order valence-corrected chi connectivity index (χ3v) is 4.80. The molecule has 0 atom stereocenters. The lowest BCUT2D eigenvalue weighted by molar-refractivity contribution is 0.605. The molecule has 6 nitrogen and oxygen atoms in total. The highest BCUT2D eigenvalue weighted by Crippen LogP contribution is 2.14. The van der Waals surface area contributed by atoms with Gasteiger partial charge < -0.3 is 15.2 Å². The average molecular weight is 460 g/mol. The molecule has 24 heavy (non-hydrogen) atoms. The second-order valence-corrected chi connectivity index (χ2v) is 6.66. The Morgan fingerprint density at radius 1 is 1.29 bits per heavy atom. The van der Waals surface area contributed by atoms with Crippen molar-refractivity contribution in [1.29, 1.82) is 0 Å². The highest BCUT2D eigenvalue weighted by Gasteiger charge is 2.14. The van der Waals surface area contributed by atoms with Gasteiger partial charge in [-0.1, -0.05) is 12.5 Å². The zero-order valence-electron chi connectivity index (χ0n) is 14.0. The molecule has 3 heterocycles. The molecule has 1 aliphatic rings. The normalized spacial score (nSPS) is 14.5. The first-order valence-corrected chi connectivity index (χ1v) is 9.20. The van der Waals surface area contributed by atoms with Crippen molar-refractivity contribution in [3.05, 3.63) is 34.0 Å². The van der Waals surface area contributed by atoms with E-state index < -0.39 is 0 Å². The van der Waals surface area contributed by atoms with E-state index in [9.17, 15) is 0 Å². The van der Waals surface area contributed by atoms with Crippen molar-refractivity contribution in [1.82, 2.24) is 25.4 Å². The molecule has 3 rings (SSSR count). The van der Waals surface area contributed by atoms with Gasteiger partial charge in [0.15, 0.2) is 11.8 Å². The summed E-state index contributed by atoms with van der Waals surface area (Å²) in [6.07, 6.45) is 4.73. The van der Waals surface area contributed by atoms with E-state index in [2.05, 4.69) is 54.8 Å². The third kappa shape index (κ3) is 5.17. The Morgan fingerprint density at radius 2 is 2.21 bits per heavy atom. The molecule has 2 aromatic rings. The van der Waals surface area contributed by atoms with Crippen LogP contribution in [0, 0.1) is 0 Å². The first-order valence-electron chi connectivity index (χ1n) is 8.32. The number of guanidine groups is 1. The summed E-state index contributed by atoms with van der Waals surface area (Å²) < 4.78 is 2.25. The lowest BCUT2D eigenvalue weighted by atomic mass is 10.2. The molecule has 8 heteroatoms. The monoisotopic (exact) mass is 460 g/mol. The molecule has 0 saturated carbocycles. The molecule has 0 aromatic carbocycles. The Hall–Kier alpha value is -1.16. The average Bonchev–Trinajstić information content (AvgIpc) is 3.15. The zero-order chi connectivity index (χ0) is 15.9. The van der Waals surface area contributed by atoms with E-state index in [-0.39, 0.29) is 24.0 Å². The number of fused-ring (bicyclic) bond motifs is 1. The summed E-state index contributed by atoms with van der Waals surface area (Å²) in [6.45, 7) is 5.29. The fraction of sp³-hybridized carbons (Fsp3) is 0.562. The minimum Gasteiger partial charge on any atom is -0.357 e. The van der Waals surface area contributed by atoms with Crippen LogP contribution in [-0.2, 0) is 26.1 Å². The SMILES string of the molecule is CCNC(=NCc1nnc2n1CCCCC2)NCc1cccs1.I. The van der Waals surface area contributed by atoms with E-state index in [0.29, 0.717) is 6.54 Å². The predicted octanol–water partition coefficient (Wildman–Crippen LogP) is 2.94. The Labute approximate surface area is 164 Å². The van der Waals surface area contributed by atoms with Gasteiger partial charge >= 0.3 is 0 Å². The number of rotatable bonds is 5. The van der Waals surface area contributed by atoms with E-state index in [1.165, 1.54) is 24.1 Å². The van der Waals surface area contributed by atoms with Gasteiger partial charge in [0.25, 0.3) is 0 Å². The third-order valence-electron chi connectivity index (χ3n) is 3.92. The Kier molecular flexibility index (Phi) is 7.97. The van der Waals surface area contributed by atoms with E-state index in [1.54, 1.807) is 11.3 Å². The Morgan fingerprint density at radius 3 is 3.00 bits per heavy atom. The summed E-state index contributed by atoms with van der Waals surface area (Å²) in [5.41, 5.74) is 0. The van der Waals surface area contributed by atoms with Crippen LogP contribution >= 0.6 is 35.3 Å². The van der Waals surface area contributed by atoms with E-state index in [4.69, 9.17) is 0 Å². The van der Waals surface area contributed by atoms with E-state index in [0.717, 1.165) is 43.7 Å². The molecule has 2 aromatic heterocycles. The van der Waals surface area contributed by atoms with Gasteiger partial charge in [0.2, 0.25) is 0 Å². The summed E-state index contributed by atoms with van der Waals surface area (Å²) in [4.78, 5) is 5.97. The molecule has 0 spiro atoms. The van der Waals surface area contributed by atoms with Crippen LogP contribution in [0.25, 0.3) is 0 Å². The Balaban J connectivity index is 0.00000208. The zero-order valence-corrected chi connectivity index (χ0v) is 17.1. The van der Waals surface area contributed by atoms with Crippen LogP contribution in [0.4, 0.5) is 0 Å². The van der Waals surface area contributed by atoms with Crippen LogP contribution in [0.2, 0.25) is 0 Å². The highest BCUT2D eigenvalue weighted by molar-refractivity contribution is 14.0. The summed E-state index contributed by atoms with van der Waals surface area (Å²) in [6, 6.07) is 4.19. The van der Waals surface area contributed by atoms with Gasteiger partial charge in [-0.2, -0.15) is 0 Å². The molecule has 0 fully saturated rings. The fourth-order valence-corrected chi connectivity index (χ4v) is 3.38. The van der Waals surface area contributed by atoms with Crippen LogP contribution in [-0.4, -0.2) is 27.3 Å². The van der Waals surface area contributed by atoms with Crippen LogP contribution < -0.4 is 10.6 Å². The minimum atomic E-state index is 0. The van der Waals surface area contributed by atoms with Gasteiger partial charge in [-0.15, -0.1) is 45.5 Å². The smallest absolute Gasteiger partial charge is 0.191 e. The largest absolute Gasteiger partial charge is 0.357 e. The molecule has 1 aliphatic heterocycles. The first kappa shape index (κ1) is 19.2. The molecule has 0 radical (unpaired) electrons. The molecule has 0 bridgehead atoms. The van der Waals surface area contributed by atoms with Crippen molar-refractivity contribution in [3.63, 3.8) is 0 Å². The number of aryl methyl sites for hydroxylation is 1. The molecule has 2 N–H and O–H groups in total. The summed E-state index contributed by atoms with van der Waals surface area (Å²) >= 11 is 1.75. The van der Waals surface area contributed by atoms with Gasteiger partial charge in [-0.05, 0) is 31.2 Å². The fourth-order valence-electron chi connectivity index (χ4n) is 2.74. The van der Waals surface area contributed by atoms with Crippen LogP contribution in [0.1, 0.15) is 42.7 Å². The number of aliphatic imine (C=N–C) groups is 1. The van der Waals surface area contributed by atoms with Crippen molar-refractivity contribution in [2.75, 3.05) is 6.54 Å². The van der Waals surface area contributed by atoms with Gasteiger partial charge in [-0.3, -0.25) is 0 Å². The van der Waals surface area contributed by atoms with Crippen molar-refractivity contribution < 1.29 is 0 Å². The lowest BCUT2D eigenvalue weighted by Gasteiger charge is -2.11.